The summed E-state index contributed by atoms with van der Waals surface area (Å²) in [5, 5.41) is 6.61. The van der Waals surface area contributed by atoms with E-state index in [1.165, 1.54) is 0 Å². The molecule has 0 fully saturated rings. The van der Waals surface area contributed by atoms with E-state index in [9.17, 15) is 0 Å². The minimum absolute atomic E-state index is 0.513. The Balaban J connectivity index is 1.96. The van der Waals surface area contributed by atoms with Crippen LogP contribution in [0.3, 0.4) is 0 Å². The third kappa shape index (κ3) is 5.85. The molecule has 0 saturated carbocycles. The summed E-state index contributed by atoms with van der Waals surface area (Å²) in [6, 6.07) is 9.61. The van der Waals surface area contributed by atoms with Crippen LogP contribution in [-0.4, -0.2) is 55.1 Å². The van der Waals surface area contributed by atoms with Crippen LogP contribution in [0, 0.1) is 0 Å². The van der Waals surface area contributed by atoms with Crippen LogP contribution < -0.4 is 34.3 Å². The summed E-state index contributed by atoms with van der Waals surface area (Å²) >= 11 is 0. The van der Waals surface area contributed by atoms with Gasteiger partial charge in [-0.3, -0.25) is 4.99 Å². The number of benzene rings is 2. The lowest BCUT2D eigenvalue weighted by Crippen LogP contribution is -2.37. The zero-order valence-electron chi connectivity index (χ0n) is 18.5. The smallest absolute Gasteiger partial charge is 0.191 e. The second kappa shape index (κ2) is 11.6. The molecule has 8 nitrogen and oxygen atoms in total. The molecular weight excluding hydrogens is 386 g/mol. The highest BCUT2D eigenvalue weighted by Gasteiger charge is 2.12. The minimum atomic E-state index is 0.513. The van der Waals surface area contributed by atoms with E-state index in [2.05, 4.69) is 15.6 Å². The first kappa shape index (κ1) is 23.0. The number of ether oxygens (including phenoxy) is 5. The van der Waals surface area contributed by atoms with Crippen LogP contribution in [0.15, 0.2) is 35.3 Å². The number of aliphatic imine (C=N–C) groups is 1. The molecule has 0 atom stereocenters. The van der Waals surface area contributed by atoms with Crippen LogP contribution in [0.4, 0.5) is 0 Å². The third-order valence-electron chi connectivity index (χ3n) is 4.61. The maximum Gasteiger partial charge on any atom is 0.191 e. The maximum atomic E-state index is 5.48. The molecule has 30 heavy (non-hydrogen) atoms. The first-order chi connectivity index (χ1) is 14.6. The highest BCUT2D eigenvalue weighted by atomic mass is 16.5. The van der Waals surface area contributed by atoms with Gasteiger partial charge in [-0.2, -0.15) is 0 Å². The van der Waals surface area contributed by atoms with Crippen LogP contribution >= 0.6 is 0 Å². The van der Waals surface area contributed by atoms with Gasteiger partial charge in [-0.05, 0) is 30.2 Å². The normalized spacial score (nSPS) is 10.9. The van der Waals surface area contributed by atoms with Gasteiger partial charge in [0.05, 0.1) is 35.5 Å². The molecule has 0 radical (unpaired) electrons. The van der Waals surface area contributed by atoms with Crippen molar-refractivity contribution in [1.29, 1.82) is 0 Å². The van der Waals surface area contributed by atoms with E-state index in [0.717, 1.165) is 29.0 Å². The van der Waals surface area contributed by atoms with Crippen molar-refractivity contribution in [2.75, 3.05) is 49.1 Å². The van der Waals surface area contributed by atoms with Crippen molar-refractivity contribution in [3.63, 3.8) is 0 Å². The Kier molecular flexibility index (Phi) is 8.93. The molecular formula is C22H31N3O5. The monoisotopic (exact) mass is 417 g/mol. The summed E-state index contributed by atoms with van der Waals surface area (Å²) < 4.78 is 26.8. The van der Waals surface area contributed by atoms with E-state index >= 15 is 0 Å². The largest absolute Gasteiger partial charge is 0.496 e. The molecule has 2 aromatic carbocycles. The fourth-order valence-corrected chi connectivity index (χ4v) is 2.99. The van der Waals surface area contributed by atoms with Crippen molar-refractivity contribution in [1.82, 2.24) is 10.6 Å². The molecule has 164 valence electrons. The van der Waals surface area contributed by atoms with Crippen LogP contribution in [0.2, 0.25) is 0 Å². The van der Waals surface area contributed by atoms with Crippen LogP contribution in [0.1, 0.15) is 11.1 Å². The standard InChI is InChI=1S/C22H31N3O5/c1-23-22(24-10-9-15-7-8-17(26-2)19(11-15)28-4)25-14-16-12-20(29-5)21(30-6)13-18(16)27-3/h7-8,11-13H,9-10,14H2,1-6H3,(H2,23,24,25). The van der Waals surface area contributed by atoms with Gasteiger partial charge in [0.25, 0.3) is 0 Å². The van der Waals surface area contributed by atoms with E-state index < -0.39 is 0 Å². The summed E-state index contributed by atoms with van der Waals surface area (Å²) in [5.74, 6) is 4.10. The molecule has 0 aromatic heterocycles. The van der Waals surface area contributed by atoms with E-state index in [4.69, 9.17) is 23.7 Å². The van der Waals surface area contributed by atoms with E-state index in [1.54, 1.807) is 42.6 Å². The molecule has 2 aromatic rings. The number of hydrogen-bond donors (Lipinski definition) is 2. The summed E-state index contributed by atoms with van der Waals surface area (Å²) in [4.78, 5) is 4.28. The Bertz CT molecular complexity index is 855. The highest BCUT2D eigenvalue weighted by Crippen LogP contribution is 2.34. The quantitative estimate of drug-likeness (QED) is 0.454. The molecule has 2 N–H and O–H groups in total. The van der Waals surface area contributed by atoms with Gasteiger partial charge < -0.3 is 34.3 Å². The van der Waals surface area contributed by atoms with Gasteiger partial charge in [-0.1, -0.05) is 6.07 Å². The lowest BCUT2D eigenvalue weighted by Gasteiger charge is -2.16. The highest BCUT2D eigenvalue weighted by molar-refractivity contribution is 5.79. The Morgan fingerprint density at radius 1 is 0.733 bits per heavy atom. The van der Waals surface area contributed by atoms with Gasteiger partial charge in [0, 0.05) is 31.8 Å². The van der Waals surface area contributed by atoms with E-state index in [0.29, 0.717) is 36.3 Å². The summed E-state index contributed by atoms with van der Waals surface area (Å²) in [5.41, 5.74) is 2.06. The maximum absolute atomic E-state index is 5.48. The van der Waals surface area contributed by atoms with Crippen molar-refractivity contribution >= 4 is 5.96 Å². The fraction of sp³-hybridized carbons (Fsp3) is 0.409. The van der Waals surface area contributed by atoms with Crippen molar-refractivity contribution < 1.29 is 23.7 Å². The lowest BCUT2D eigenvalue weighted by atomic mass is 10.1. The van der Waals surface area contributed by atoms with Gasteiger partial charge in [0.15, 0.2) is 29.0 Å². The molecule has 0 unspecified atom stereocenters. The Morgan fingerprint density at radius 3 is 1.93 bits per heavy atom. The van der Waals surface area contributed by atoms with Crippen LogP contribution in [-0.2, 0) is 13.0 Å². The molecule has 0 bridgehead atoms. The van der Waals surface area contributed by atoms with E-state index in [1.807, 2.05) is 30.3 Å². The Hall–Kier alpha value is -3.29. The van der Waals surface area contributed by atoms with Gasteiger partial charge in [0.1, 0.15) is 5.75 Å². The van der Waals surface area contributed by atoms with Gasteiger partial charge in [-0.25, -0.2) is 0 Å². The second-order valence-electron chi connectivity index (χ2n) is 6.31. The zero-order valence-corrected chi connectivity index (χ0v) is 18.5. The number of nitrogens with zero attached hydrogens (tertiary/aromatic N) is 1. The van der Waals surface area contributed by atoms with Crippen LogP contribution in [0.5, 0.6) is 28.7 Å². The molecule has 8 heteroatoms. The SMILES string of the molecule is CN=C(NCCc1ccc(OC)c(OC)c1)NCc1cc(OC)c(OC)cc1OC. The van der Waals surface area contributed by atoms with Gasteiger partial charge >= 0.3 is 0 Å². The van der Waals surface area contributed by atoms with Crippen molar-refractivity contribution in [2.24, 2.45) is 4.99 Å². The minimum Gasteiger partial charge on any atom is -0.496 e. The molecule has 0 aliphatic carbocycles. The Morgan fingerprint density at radius 2 is 1.33 bits per heavy atom. The van der Waals surface area contributed by atoms with E-state index in [-0.39, 0.29) is 0 Å². The molecule has 2 rings (SSSR count). The summed E-state index contributed by atoms with van der Waals surface area (Å²) in [6.07, 6.45) is 0.806. The topological polar surface area (TPSA) is 82.6 Å². The van der Waals surface area contributed by atoms with Gasteiger partial charge in [-0.15, -0.1) is 0 Å². The molecule has 0 aliphatic heterocycles. The summed E-state index contributed by atoms with van der Waals surface area (Å²) in [6.45, 7) is 1.22. The molecule has 0 heterocycles. The average Bonchev–Trinajstić information content (AvgIpc) is 2.80. The zero-order chi connectivity index (χ0) is 21.9. The van der Waals surface area contributed by atoms with Crippen LogP contribution in [0.25, 0.3) is 0 Å². The Labute approximate surface area is 178 Å². The number of methoxy groups -OCH3 is 5. The molecule has 0 aliphatic rings. The molecule has 0 amide bonds. The average molecular weight is 418 g/mol. The third-order valence-corrected chi connectivity index (χ3v) is 4.61. The lowest BCUT2D eigenvalue weighted by molar-refractivity contribution is 0.347. The predicted octanol–water partition coefficient (Wildman–Crippen LogP) is 2.64. The fourth-order valence-electron chi connectivity index (χ4n) is 2.99. The van der Waals surface area contributed by atoms with Crippen molar-refractivity contribution in [3.05, 3.63) is 41.5 Å². The number of nitrogens with one attached hydrogen (secondary N) is 2. The number of hydrogen-bond acceptors (Lipinski definition) is 6. The number of guanidine groups is 1. The first-order valence-corrected chi connectivity index (χ1v) is 9.54. The van der Waals surface area contributed by atoms with Crippen molar-refractivity contribution in [2.45, 2.75) is 13.0 Å². The number of rotatable bonds is 10. The first-order valence-electron chi connectivity index (χ1n) is 9.54. The predicted molar refractivity (Wildman–Crippen MR) is 118 cm³/mol. The summed E-state index contributed by atoms with van der Waals surface area (Å²) in [7, 11) is 9.82. The molecule has 0 saturated heterocycles. The molecule has 0 spiro atoms. The van der Waals surface area contributed by atoms with Crippen molar-refractivity contribution in [3.8, 4) is 28.7 Å². The second-order valence-corrected chi connectivity index (χ2v) is 6.31. The van der Waals surface area contributed by atoms with Gasteiger partial charge in [0.2, 0.25) is 0 Å².